The highest BCUT2D eigenvalue weighted by molar-refractivity contribution is 5.91. The minimum Gasteiger partial charge on any atom is -0.459 e. The summed E-state index contributed by atoms with van der Waals surface area (Å²) >= 11 is 0. The van der Waals surface area contributed by atoms with E-state index in [-0.39, 0.29) is 12.5 Å². The molecule has 1 aromatic heterocycles. The van der Waals surface area contributed by atoms with Gasteiger partial charge in [0.15, 0.2) is 5.76 Å². The summed E-state index contributed by atoms with van der Waals surface area (Å²) in [6.45, 7) is 4.56. The molecule has 1 aliphatic heterocycles. The molecule has 1 N–H and O–H groups in total. The second-order valence-electron chi connectivity index (χ2n) is 4.54. The van der Waals surface area contributed by atoms with Crippen molar-refractivity contribution in [2.24, 2.45) is 0 Å². The van der Waals surface area contributed by atoms with Crippen molar-refractivity contribution in [3.63, 3.8) is 0 Å². The van der Waals surface area contributed by atoms with Crippen LogP contribution in [0.25, 0.3) is 0 Å². The summed E-state index contributed by atoms with van der Waals surface area (Å²) in [7, 11) is 0. The maximum Gasteiger partial charge on any atom is 0.289 e. The van der Waals surface area contributed by atoms with E-state index in [2.05, 4.69) is 4.90 Å². The predicted molar refractivity (Wildman–Crippen MR) is 67.4 cm³/mol. The van der Waals surface area contributed by atoms with Crippen molar-refractivity contribution in [1.29, 1.82) is 0 Å². The summed E-state index contributed by atoms with van der Waals surface area (Å²) in [5.74, 6) is 0.402. The summed E-state index contributed by atoms with van der Waals surface area (Å²) in [5.41, 5.74) is 0. The van der Waals surface area contributed by atoms with Crippen molar-refractivity contribution >= 4 is 5.91 Å². The van der Waals surface area contributed by atoms with Gasteiger partial charge in [0.2, 0.25) is 0 Å². The number of furan rings is 1. The Balaban J connectivity index is 1.75. The first kappa shape index (κ1) is 13.1. The average Bonchev–Trinajstić information content (AvgIpc) is 2.93. The topological polar surface area (TPSA) is 56.9 Å². The summed E-state index contributed by atoms with van der Waals surface area (Å²) < 4.78 is 5.12. The fourth-order valence-electron chi connectivity index (χ4n) is 2.18. The van der Waals surface area contributed by atoms with E-state index in [9.17, 15) is 4.79 Å². The van der Waals surface area contributed by atoms with E-state index < -0.39 is 0 Å². The Morgan fingerprint density at radius 2 is 2.06 bits per heavy atom. The molecule has 0 unspecified atom stereocenters. The van der Waals surface area contributed by atoms with Crippen LogP contribution >= 0.6 is 0 Å². The van der Waals surface area contributed by atoms with Gasteiger partial charge in [0.25, 0.3) is 5.91 Å². The molecule has 1 amide bonds. The van der Waals surface area contributed by atoms with Crippen LogP contribution in [0.15, 0.2) is 22.8 Å². The third-order valence-corrected chi connectivity index (χ3v) is 3.27. The van der Waals surface area contributed by atoms with E-state index in [1.165, 1.54) is 6.26 Å². The molecular weight excluding hydrogens is 232 g/mol. The highest BCUT2D eigenvalue weighted by Crippen LogP contribution is 2.09. The van der Waals surface area contributed by atoms with Crippen LogP contribution in [0.2, 0.25) is 0 Å². The Kier molecular flexibility index (Phi) is 4.78. The van der Waals surface area contributed by atoms with Crippen LogP contribution in [0.1, 0.15) is 23.4 Å². The average molecular weight is 252 g/mol. The smallest absolute Gasteiger partial charge is 0.289 e. The maximum absolute atomic E-state index is 12.0. The minimum absolute atomic E-state index is 0.0185. The summed E-state index contributed by atoms with van der Waals surface area (Å²) in [5, 5.41) is 8.73. The van der Waals surface area contributed by atoms with E-state index in [1.807, 2.05) is 4.90 Å². The summed E-state index contributed by atoms with van der Waals surface area (Å²) in [6, 6.07) is 3.44. The fraction of sp³-hybridized carbons (Fsp3) is 0.615. The summed E-state index contributed by atoms with van der Waals surface area (Å²) in [4.78, 5) is 16.2. The van der Waals surface area contributed by atoms with Crippen LogP contribution in [0.3, 0.4) is 0 Å². The summed E-state index contributed by atoms with van der Waals surface area (Å²) in [6.07, 6.45) is 3.40. The molecule has 0 aliphatic carbocycles. The Morgan fingerprint density at radius 3 is 2.67 bits per heavy atom. The maximum atomic E-state index is 12.0. The van der Waals surface area contributed by atoms with Gasteiger partial charge in [0.1, 0.15) is 0 Å². The SMILES string of the molecule is O=C(c1ccco1)N1CCN(CCCCO)CC1. The Hall–Kier alpha value is -1.33. The lowest BCUT2D eigenvalue weighted by Gasteiger charge is -2.34. The van der Waals surface area contributed by atoms with Gasteiger partial charge in [0.05, 0.1) is 6.26 Å². The zero-order chi connectivity index (χ0) is 12.8. The molecule has 0 aromatic carbocycles. The highest BCUT2D eigenvalue weighted by atomic mass is 16.3. The lowest BCUT2D eigenvalue weighted by molar-refractivity contribution is 0.0603. The number of piperazine rings is 1. The molecule has 18 heavy (non-hydrogen) atoms. The van der Waals surface area contributed by atoms with Crippen LogP contribution in [-0.2, 0) is 0 Å². The van der Waals surface area contributed by atoms with Crippen molar-refractivity contribution in [3.05, 3.63) is 24.2 Å². The normalized spacial score (nSPS) is 17.1. The zero-order valence-corrected chi connectivity index (χ0v) is 10.5. The van der Waals surface area contributed by atoms with Gasteiger partial charge in [-0.1, -0.05) is 0 Å². The molecule has 0 saturated carbocycles. The first-order valence-corrected chi connectivity index (χ1v) is 6.47. The second kappa shape index (κ2) is 6.56. The van der Waals surface area contributed by atoms with Crippen molar-refractivity contribution in [2.75, 3.05) is 39.3 Å². The van der Waals surface area contributed by atoms with Crippen molar-refractivity contribution in [1.82, 2.24) is 9.80 Å². The number of aliphatic hydroxyl groups excluding tert-OH is 1. The zero-order valence-electron chi connectivity index (χ0n) is 10.5. The largest absolute Gasteiger partial charge is 0.459 e. The van der Waals surface area contributed by atoms with Crippen LogP contribution < -0.4 is 0 Å². The molecule has 0 spiro atoms. The van der Waals surface area contributed by atoms with Crippen LogP contribution in [0.5, 0.6) is 0 Å². The first-order chi connectivity index (χ1) is 8.81. The standard InChI is InChI=1S/C13H20N2O3/c16-10-2-1-5-14-6-8-15(9-7-14)13(17)12-4-3-11-18-12/h3-4,11,16H,1-2,5-10H2. The lowest BCUT2D eigenvalue weighted by Crippen LogP contribution is -2.48. The first-order valence-electron chi connectivity index (χ1n) is 6.47. The van der Waals surface area contributed by atoms with Gasteiger partial charge in [-0.3, -0.25) is 9.69 Å². The van der Waals surface area contributed by atoms with Gasteiger partial charge in [0, 0.05) is 32.8 Å². The van der Waals surface area contributed by atoms with Crippen molar-refractivity contribution < 1.29 is 14.3 Å². The molecule has 0 bridgehead atoms. The highest BCUT2D eigenvalue weighted by Gasteiger charge is 2.23. The van der Waals surface area contributed by atoms with Gasteiger partial charge in [-0.25, -0.2) is 0 Å². The van der Waals surface area contributed by atoms with Crippen LogP contribution in [0.4, 0.5) is 0 Å². The number of aliphatic hydroxyl groups is 1. The van der Waals surface area contributed by atoms with E-state index in [0.29, 0.717) is 5.76 Å². The van der Waals surface area contributed by atoms with Gasteiger partial charge >= 0.3 is 0 Å². The Morgan fingerprint density at radius 1 is 1.28 bits per heavy atom. The molecule has 1 fully saturated rings. The molecular formula is C13H20N2O3. The van der Waals surface area contributed by atoms with E-state index in [0.717, 1.165) is 45.6 Å². The quantitative estimate of drug-likeness (QED) is 0.788. The minimum atomic E-state index is -0.0185. The number of hydrogen-bond donors (Lipinski definition) is 1. The molecule has 0 atom stereocenters. The van der Waals surface area contributed by atoms with Gasteiger partial charge < -0.3 is 14.4 Å². The molecule has 2 heterocycles. The van der Waals surface area contributed by atoms with Gasteiger partial charge in [-0.15, -0.1) is 0 Å². The molecule has 0 radical (unpaired) electrons. The number of unbranched alkanes of at least 4 members (excludes halogenated alkanes) is 1. The Labute approximate surface area is 107 Å². The van der Waals surface area contributed by atoms with Gasteiger partial charge in [-0.05, 0) is 31.5 Å². The molecule has 2 rings (SSSR count). The molecule has 1 aliphatic rings. The predicted octanol–water partition coefficient (Wildman–Crippen LogP) is 0.810. The fourth-order valence-corrected chi connectivity index (χ4v) is 2.18. The molecule has 5 nitrogen and oxygen atoms in total. The number of hydrogen-bond acceptors (Lipinski definition) is 4. The number of carbonyl (C=O) groups excluding carboxylic acids is 1. The van der Waals surface area contributed by atoms with E-state index >= 15 is 0 Å². The van der Waals surface area contributed by atoms with Gasteiger partial charge in [-0.2, -0.15) is 0 Å². The van der Waals surface area contributed by atoms with Crippen LogP contribution in [-0.4, -0.2) is 60.1 Å². The lowest BCUT2D eigenvalue weighted by atomic mass is 10.2. The van der Waals surface area contributed by atoms with Crippen molar-refractivity contribution in [3.8, 4) is 0 Å². The molecule has 1 aromatic rings. The van der Waals surface area contributed by atoms with Crippen molar-refractivity contribution in [2.45, 2.75) is 12.8 Å². The number of carbonyl (C=O) groups is 1. The number of rotatable bonds is 5. The van der Waals surface area contributed by atoms with Crippen LogP contribution in [0, 0.1) is 0 Å². The van der Waals surface area contributed by atoms with E-state index in [4.69, 9.17) is 9.52 Å². The molecule has 1 saturated heterocycles. The Bertz CT molecular complexity index is 356. The second-order valence-corrected chi connectivity index (χ2v) is 4.54. The third kappa shape index (κ3) is 3.34. The monoisotopic (exact) mass is 252 g/mol. The van der Waals surface area contributed by atoms with E-state index in [1.54, 1.807) is 12.1 Å². The third-order valence-electron chi connectivity index (χ3n) is 3.27. The molecule has 100 valence electrons. The molecule has 5 heteroatoms. The number of amides is 1. The number of nitrogens with zero attached hydrogens (tertiary/aromatic N) is 2.